The van der Waals surface area contributed by atoms with E-state index in [9.17, 15) is 9.50 Å². The normalized spacial score (nSPS) is 12.2. The van der Waals surface area contributed by atoms with E-state index in [1.54, 1.807) is 19.2 Å². The van der Waals surface area contributed by atoms with Crippen molar-refractivity contribution >= 4 is 31.9 Å². The van der Waals surface area contributed by atoms with Crippen LogP contribution in [-0.2, 0) is 6.42 Å². The Kier molecular flexibility index (Phi) is 5.18. The fourth-order valence-corrected chi connectivity index (χ4v) is 2.67. The van der Waals surface area contributed by atoms with Gasteiger partial charge >= 0.3 is 0 Å². The molecule has 1 N–H and O–H groups in total. The molecule has 0 spiro atoms. The first-order valence-electron chi connectivity index (χ1n) is 5.96. The molecule has 0 aliphatic rings. The van der Waals surface area contributed by atoms with Crippen molar-refractivity contribution in [1.82, 2.24) is 0 Å². The third kappa shape index (κ3) is 3.59. The minimum atomic E-state index is -0.911. The molecular formula is C15H13Br2FO2. The monoisotopic (exact) mass is 402 g/mol. The van der Waals surface area contributed by atoms with Gasteiger partial charge in [-0.1, -0.05) is 37.9 Å². The molecule has 0 bridgehead atoms. The Morgan fingerprint density at radius 2 is 1.95 bits per heavy atom. The summed E-state index contributed by atoms with van der Waals surface area (Å²) in [4.78, 5) is 0. The van der Waals surface area contributed by atoms with E-state index in [1.165, 1.54) is 6.07 Å². The summed E-state index contributed by atoms with van der Waals surface area (Å²) in [5.41, 5.74) is 1.14. The average molecular weight is 404 g/mol. The summed E-state index contributed by atoms with van der Waals surface area (Å²) in [6.45, 7) is 0. The van der Waals surface area contributed by atoms with Crippen molar-refractivity contribution < 1.29 is 14.2 Å². The van der Waals surface area contributed by atoms with Crippen LogP contribution in [0.2, 0.25) is 0 Å². The maximum Gasteiger partial charge on any atom is 0.130 e. The standard InChI is InChI=1S/C15H13Br2FO2/c1-20-11-3-5-13(17)9(6-11)7-15(19)12-4-2-10(16)8-14(12)18/h2-6,8,15,19H,7H2,1H3. The number of ether oxygens (including phenoxy) is 1. The van der Waals surface area contributed by atoms with Crippen LogP contribution in [0.5, 0.6) is 5.75 Å². The Bertz CT molecular complexity index is 617. The second-order valence-corrected chi connectivity index (χ2v) is 6.11. The molecule has 0 aromatic heterocycles. The van der Waals surface area contributed by atoms with E-state index in [0.29, 0.717) is 16.6 Å². The predicted molar refractivity (Wildman–Crippen MR) is 83.5 cm³/mol. The second-order valence-electron chi connectivity index (χ2n) is 4.34. The highest BCUT2D eigenvalue weighted by Gasteiger charge is 2.15. The molecule has 5 heteroatoms. The molecule has 0 aliphatic carbocycles. The molecule has 106 valence electrons. The van der Waals surface area contributed by atoms with E-state index in [4.69, 9.17) is 4.74 Å². The summed E-state index contributed by atoms with van der Waals surface area (Å²) in [6.07, 6.45) is -0.609. The predicted octanol–water partition coefficient (Wildman–Crippen LogP) is 4.64. The number of halogens is 3. The number of hydrogen-bond acceptors (Lipinski definition) is 2. The highest BCUT2D eigenvalue weighted by atomic mass is 79.9. The molecular weight excluding hydrogens is 391 g/mol. The third-order valence-corrected chi connectivity index (χ3v) is 4.25. The molecule has 2 aromatic carbocycles. The Balaban J connectivity index is 2.25. The van der Waals surface area contributed by atoms with E-state index in [2.05, 4.69) is 31.9 Å². The molecule has 0 fully saturated rings. The quantitative estimate of drug-likeness (QED) is 0.805. The number of aliphatic hydroxyl groups is 1. The van der Waals surface area contributed by atoms with Gasteiger partial charge in [-0.15, -0.1) is 0 Å². The van der Waals surface area contributed by atoms with E-state index in [1.807, 2.05) is 18.2 Å². The van der Waals surface area contributed by atoms with Crippen LogP contribution in [-0.4, -0.2) is 12.2 Å². The van der Waals surface area contributed by atoms with Gasteiger partial charge in [0.25, 0.3) is 0 Å². The van der Waals surface area contributed by atoms with Crippen LogP contribution >= 0.6 is 31.9 Å². The van der Waals surface area contributed by atoms with Gasteiger partial charge in [0.05, 0.1) is 13.2 Å². The Labute approximate surface area is 133 Å². The van der Waals surface area contributed by atoms with Crippen LogP contribution in [0.3, 0.4) is 0 Å². The third-order valence-electron chi connectivity index (χ3n) is 2.99. The first kappa shape index (κ1) is 15.5. The topological polar surface area (TPSA) is 29.5 Å². The number of rotatable bonds is 4. The van der Waals surface area contributed by atoms with Crippen LogP contribution in [0, 0.1) is 5.82 Å². The number of methoxy groups -OCH3 is 1. The molecule has 0 heterocycles. The van der Waals surface area contributed by atoms with Gasteiger partial charge in [0.2, 0.25) is 0 Å². The van der Waals surface area contributed by atoms with Gasteiger partial charge in [-0.05, 0) is 35.9 Å². The summed E-state index contributed by atoms with van der Waals surface area (Å²) < 4.78 is 20.5. The Morgan fingerprint density at radius 1 is 1.20 bits per heavy atom. The minimum absolute atomic E-state index is 0.280. The van der Waals surface area contributed by atoms with Gasteiger partial charge < -0.3 is 9.84 Å². The van der Waals surface area contributed by atoms with Gasteiger partial charge in [-0.2, -0.15) is 0 Å². The van der Waals surface area contributed by atoms with Crippen LogP contribution < -0.4 is 4.74 Å². The minimum Gasteiger partial charge on any atom is -0.497 e. The first-order valence-corrected chi connectivity index (χ1v) is 7.55. The highest BCUT2D eigenvalue weighted by molar-refractivity contribution is 9.10. The van der Waals surface area contributed by atoms with E-state index in [-0.39, 0.29) is 5.56 Å². The lowest BCUT2D eigenvalue weighted by molar-refractivity contribution is 0.173. The summed E-state index contributed by atoms with van der Waals surface area (Å²) in [7, 11) is 1.58. The molecule has 1 atom stereocenters. The fraction of sp³-hybridized carbons (Fsp3) is 0.200. The molecule has 2 nitrogen and oxygen atoms in total. The Morgan fingerprint density at radius 3 is 2.60 bits per heavy atom. The maximum atomic E-state index is 13.8. The summed E-state index contributed by atoms with van der Waals surface area (Å²) in [5, 5.41) is 10.2. The smallest absolute Gasteiger partial charge is 0.130 e. The van der Waals surface area contributed by atoms with Crippen molar-refractivity contribution in [1.29, 1.82) is 0 Å². The SMILES string of the molecule is COc1ccc(Br)c(CC(O)c2ccc(Br)cc2F)c1. The fourth-order valence-electron chi connectivity index (χ4n) is 1.92. The van der Waals surface area contributed by atoms with Crippen LogP contribution in [0.4, 0.5) is 4.39 Å². The van der Waals surface area contributed by atoms with Crippen LogP contribution in [0.1, 0.15) is 17.2 Å². The van der Waals surface area contributed by atoms with E-state index >= 15 is 0 Å². The lowest BCUT2D eigenvalue weighted by atomic mass is 10.0. The zero-order valence-corrected chi connectivity index (χ0v) is 13.9. The molecule has 2 rings (SSSR count). The average Bonchev–Trinajstić information content (AvgIpc) is 2.41. The highest BCUT2D eigenvalue weighted by Crippen LogP contribution is 2.29. The van der Waals surface area contributed by atoms with E-state index in [0.717, 1.165) is 10.0 Å². The number of aliphatic hydroxyl groups excluding tert-OH is 1. The summed E-state index contributed by atoms with van der Waals surface area (Å²) in [6, 6.07) is 10.1. The summed E-state index contributed by atoms with van der Waals surface area (Å²) in [5.74, 6) is 0.276. The van der Waals surface area contributed by atoms with Crippen molar-refractivity contribution in [2.24, 2.45) is 0 Å². The van der Waals surface area contributed by atoms with Crippen molar-refractivity contribution in [3.63, 3.8) is 0 Å². The molecule has 20 heavy (non-hydrogen) atoms. The van der Waals surface area contributed by atoms with Gasteiger partial charge in [-0.3, -0.25) is 0 Å². The van der Waals surface area contributed by atoms with Crippen molar-refractivity contribution in [2.45, 2.75) is 12.5 Å². The van der Waals surface area contributed by atoms with Crippen molar-refractivity contribution in [2.75, 3.05) is 7.11 Å². The molecule has 2 aromatic rings. The maximum absolute atomic E-state index is 13.8. The van der Waals surface area contributed by atoms with Gasteiger partial charge in [0, 0.05) is 20.9 Å². The van der Waals surface area contributed by atoms with Gasteiger partial charge in [-0.25, -0.2) is 4.39 Å². The molecule has 1 unspecified atom stereocenters. The van der Waals surface area contributed by atoms with Crippen LogP contribution in [0.25, 0.3) is 0 Å². The van der Waals surface area contributed by atoms with Gasteiger partial charge in [0.15, 0.2) is 0 Å². The van der Waals surface area contributed by atoms with Crippen LogP contribution in [0.15, 0.2) is 45.3 Å². The second kappa shape index (κ2) is 6.70. The number of benzene rings is 2. The lowest BCUT2D eigenvalue weighted by Crippen LogP contribution is -2.05. The zero-order chi connectivity index (χ0) is 14.7. The van der Waals surface area contributed by atoms with E-state index < -0.39 is 11.9 Å². The molecule has 0 radical (unpaired) electrons. The van der Waals surface area contributed by atoms with Gasteiger partial charge in [0.1, 0.15) is 11.6 Å². The largest absolute Gasteiger partial charge is 0.497 e. The first-order chi connectivity index (χ1) is 9.51. The molecule has 0 saturated heterocycles. The van der Waals surface area contributed by atoms with Crippen molar-refractivity contribution in [3.05, 3.63) is 62.3 Å². The Hall–Kier alpha value is -0.910. The summed E-state index contributed by atoms with van der Waals surface area (Å²) >= 11 is 6.62. The number of hydrogen-bond donors (Lipinski definition) is 1. The van der Waals surface area contributed by atoms with Crippen molar-refractivity contribution in [3.8, 4) is 5.75 Å². The molecule has 0 aliphatic heterocycles. The molecule has 0 saturated carbocycles. The molecule has 0 amide bonds. The zero-order valence-electron chi connectivity index (χ0n) is 10.7. The lowest BCUT2D eigenvalue weighted by Gasteiger charge is -2.14.